The normalized spacial score (nSPS) is 10.5. The molecule has 2 aromatic carbocycles. The molecule has 0 aliphatic rings. The van der Waals surface area contributed by atoms with E-state index in [1.165, 1.54) is 0 Å². The Balaban J connectivity index is 2.03. The minimum absolute atomic E-state index is 0.00518. The van der Waals surface area contributed by atoms with Crippen LogP contribution in [0.3, 0.4) is 0 Å². The van der Waals surface area contributed by atoms with Crippen LogP contribution in [0.2, 0.25) is 5.02 Å². The van der Waals surface area contributed by atoms with Crippen LogP contribution in [0.5, 0.6) is 5.75 Å². The van der Waals surface area contributed by atoms with Crippen LogP contribution in [0.25, 0.3) is 0 Å². The smallest absolute Gasteiger partial charge is 0.329 e. The van der Waals surface area contributed by atoms with E-state index in [1.54, 1.807) is 25.1 Å². The summed E-state index contributed by atoms with van der Waals surface area (Å²) >= 11 is 5.93. The van der Waals surface area contributed by atoms with Gasteiger partial charge in [0.05, 0.1) is 11.1 Å². The Kier molecular flexibility index (Phi) is 5.86. The predicted molar refractivity (Wildman–Crippen MR) is 95.3 cm³/mol. The third-order valence-corrected chi connectivity index (χ3v) is 3.72. The standard InChI is InChI=1S/C16H13ClN4O5/c1-9-12(17)3-2-4-13(9)19-15(23)16(24)20-18-8-10-7-11(21(25)26)5-6-14(10)22/h2-8,22H,1H3,(H,19,23)(H,20,24). The van der Waals surface area contributed by atoms with Crippen LogP contribution in [-0.2, 0) is 9.59 Å². The van der Waals surface area contributed by atoms with Crippen molar-refractivity contribution in [3.05, 3.63) is 62.7 Å². The molecule has 0 heterocycles. The molecule has 134 valence electrons. The number of hydrogen-bond donors (Lipinski definition) is 3. The zero-order chi connectivity index (χ0) is 19.3. The van der Waals surface area contributed by atoms with Crippen LogP contribution in [0.15, 0.2) is 41.5 Å². The number of anilines is 1. The van der Waals surface area contributed by atoms with Gasteiger partial charge in [-0.05, 0) is 30.7 Å². The molecule has 2 amide bonds. The van der Waals surface area contributed by atoms with E-state index in [0.29, 0.717) is 16.3 Å². The number of rotatable bonds is 4. The Morgan fingerprint density at radius 1 is 1.27 bits per heavy atom. The summed E-state index contributed by atoms with van der Waals surface area (Å²) < 4.78 is 0. The molecule has 0 saturated carbocycles. The van der Waals surface area contributed by atoms with Gasteiger partial charge in [-0.2, -0.15) is 5.10 Å². The largest absolute Gasteiger partial charge is 0.507 e. The maximum Gasteiger partial charge on any atom is 0.329 e. The number of nitrogens with one attached hydrogen (secondary N) is 2. The first kappa shape index (κ1) is 18.9. The lowest BCUT2D eigenvalue weighted by molar-refractivity contribution is -0.384. The SMILES string of the molecule is Cc1c(Cl)cccc1NC(=O)C(=O)NN=Cc1cc([N+](=O)[O-])ccc1O. The van der Waals surface area contributed by atoms with Crippen molar-refractivity contribution in [3.63, 3.8) is 0 Å². The van der Waals surface area contributed by atoms with Gasteiger partial charge >= 0.3 is 11.8 Å². The summed E-state index contributed by atoms with van der Waals surface area (Å²) in [5, 5.41) is 26.7. The minimum atomic E-state index is -1.06. The Morgan fingerprint density at radius 2 is 2.00 bits per heavy atom. The van der Waals surface area contributed by atoms with E-state index >= 15 is 0 Å². The lowest BCUT2D eigenvalue weighted by Gasteiger charge is -2.08. The molecule has 2 rings (SSSR count). The van der Waals surface area contributed by atoms with Crippen molar-refractivity contribution in [3.8, 4) is 5.75 Å². The fraction of sp³-hybridized carbons (Fsp3) is 0.0625. The molecule has 9 nitrogen and oxygen atoms in total. The average Bonchev–Trinajstić information content (AvgIpc) is 2.60. The second-order valence-electron chi connectivity index (χ2n) is 5.07. The van der Waals surface area contributed by atoms with Crippen LogP contribution in [-0.4, -0.2) is 28.1 Å². The highest BCUT2D eigenvalue weighted by atomic mass is 35.5. The first-order valence-electron chi connectivity index (χ1n) is 7.16. The number of nitrogens with zero attached hydrogens (tertiary/aromatic N) is 2. The zero-order valence-electron chi connectivity index (χ0n) is 13.4. The number of carbonyl (C=O) groups excluding carboxylic acids is 2. The van der Waals surface area contributed by atoms with Gasteiger partial charge in [0.15, 0.2) is 0 Å². The lowest BCUT2D eigenvalue weighted by atomic mass is 10.2. The molecule has 26 heavy (non-hydrogen) atoms. The molecule has 2 aromatic rings. The molecule has 0 unspecified atom stereocenters. The number of halogens is 1. The number of non-ortho nitro benzene ring substituents is 1. The zero-order valence-corrected chi connectivity index (χ0v) is 14.1. The highest BCUT2D eigenvalue weighted by Crippen LogP contribution is 2.23. The van der Waals surface area contributed by atoms with Crippen molar-refractivity contribution < 1.29 is 19.6 Å². The fourth-order valence-corrected chi connectivity index (χ4v) is 2.07. The van der Waals surface area contributed by atoms with E-state index in [1.807, 2.05) is 5.43 Å². The second-order valence-corrected chi connectivity index (χ2v) is 5.47. The van der Waals surface area contributed by atoms with E-state index < -0.39 is 16.7 Å². The first-order valence-corrected chi connectivity index (χ1v) is 7.54. The summed E-state index contributed by atoms with van der Waals surface area (Å²) in [6, 6.07) is 8.15. The molecule has 0 radical (unpaired) electrons. The number of phenolic OH excluding ortho intramolecular Hbond substituents is 1. The third-order valence-electron chi connectivity index (χ3n) is 3.31. The molecule has 0 aliphatic heterocycles. The topological polar surface area (TPSA) is 134 Å². The van der Waals surface area contributed by atoms with Crippen LogP contribution in [0, 0.1) is 17.0 Å². The van der Waals surface area contributed by atoms with Crippen LogP contribution in [0.4, 0.5) is 11.4 Å². The van der Waals surface area contributed by atoms with Gasteiger partial charge in [-0.25, -0.2) is 5.43 Å². The van der Waals surface area contributed by atoms with Crippen molar-refractivity contribution >= 4 is 41.0 Å². The molecule has 0 saturated heterocycles. The van der Waals surface area contributed by atoms with E-state index in [4.69, 9.17) is 11.6 Å². The molecule has 0 bridgehead atoms. The number of benzene rings is 2. The van der Waals surface area contributed by atoms with E-state index in [0.717, 1.165) is 24.4 Å². The van der Waals surface area contributed by atoms with Crippen LogP contribution >= 0.6 is 11.6 Å². The maximum atomic E-state index is 11.8. The molecule has 10 heteroatoms. The lowest BCUT2D eigenvalue weighted by Crippen LogP contribution is -2.32. The number of hydrogen-bond acceptors (Lipinski definition) is 6. The minimum Gasteiger partial charge on any atom is -0.507 e. The molecule has 0 aliphatic carbocycles. The fourth-order valence-electron chi connectivity index (χ4n) is 1.89. The molecule has 3 N–H and O–H groups in total. The van der Waals surface area contributed by atoms with Gasteiger partial charge in [0.2, 0.25) is 0 Å². The van der Waals surface area contributed by atoms with Crippen molar-refractivity contribution in [1.29, 1.82) is 0 Å². The summed E-state index contributed by atoms with van der Waals surface area (Å²) in [7, 11) is 0. The predicted octanol–water partition coefficient (Wildman–Crippen LogP) is 2.35. The number of aromatic hydroxyl groups is 1. The number of nitro groups is 1. The van der Waals surface area contributed by atoms with Crippen LogP contribution in [0.1, 0.15) is 11.1 Å². The number of amides is 2. The molecule has 0 fully saturated rings. The third kappa shape index (κ3) is 4.54. The molecule has 0 atom stereocenters. The summed E-state index contributed by atoms with van der Waals surface area (Å²) in [5.41, 5.74) is 2.68. The monoisotopic (exact) mass is 376 g/mol. The molecular weight excluding hydrogens is 364 g/mol. The highest BCUT2D eigenvalue weighted by Gasteiger charge is 2.15. The van der Waals surface area contributed by atoms with E-state index in [2.05, 4.69) is 10.4 Å². The molecule has 0 aromatic heterocycles. The molecular formula is C16H13ClN4O5. The van der Waals surface area contributed by atoms with Gasteiger partial charge < -0.3 is 10.4 Å². The van der Waals surface area contributed by atoms with Gasteiger partial charge in [-0.15, -0.1) is 0 Å². The van der Waals surface area contributed by atoms with Crippen molar-refractivity contribution in [2.75, 3.05) is 5.32 Å². The summed E-state index contributed by atoms with van der Waals surface area (Å²) in [6.45, 7) is 1.68. The van der Waals surface area contributed by atoms with Crippen molar-refractivity contribution in [1.82, 2.24) is 5.43 Å². The number of carbonyl (C=O) groups is 2. The van der Waals surface area contributed by atoms with Gasteiger partial charge in [-0.3, -0.25) is 19.7 Å². The van der Waals surface area contributed by atoms with Crippen LogP contribution < -0.4 is 10.7 Å². The van der Waals surface area contributed by atoms with Gasteiger partial charge in [0.1, 0.15) is 5.75 Å². The number of phenols is 1. The van der Waals surface area contributed by atoms with Gasteiger partial charge in [0.25, 0.3) is 5.69 Å². The first-order chi connectivity index (χ1) is 12.3. The quantitative estimate of drug-likeness (QED) is 0.326. The average molecular weight is 377 g/mol. The summed E-state index contributed by atoms with van der Waals surface area (Å²) in [6.07, 6.45) is 0.984. The Labute approximate surface area is 152 Å². The van der Waals surface area contributed by atoms with E-state index in [-0.39, 0.29) is 17.0 Å². The van der Waals surface area contributed by atoms with Crippen molar-refractivity contribution in [2.24, 2.45) is 5.10 Å². The number of nitro benzene ring substituents is 1. The van der Waals surface area contributed by atoms with Gasteiger partial charge in [-0.1, -0.05) is 17.7 Å². The Bertz CT molecular complexity index is 914. The molecule has 0 spiro atoms. The Hall–Kier alpha value is -3.46. The van der Waals surface area contributed by atoms with E-state index in [9.17, 15) is 24.8 Å². The summed E-state index contributed by atoms with van der Waals surface area (Å²) in [4.78, 5) is 33.7. The summed E-state index contributed by atoms with van der Waals surface area (Å²) in [5.74, 6) is -2.31. The maximum absolute atomic E-state index is 11.8. The van der Waals surface area contributed by atoms with Crippen molar-refractivity contribution in [2.45, 2.75) is 6.92 Å². The number of hydrazone groups is 1. The second kappa shape index (κ2) is 8.08. The van der Waals surface area contributed by atoms with Gasteiger partial charge in [0, 0.05) is 28.4 Å². The Morgan fingerprint density at radius 3 is 2.69 bits per heavy atom. The highest BCUT2D eigenvalue weighted by molar-refractivity contribution is 6.40.